The van der Waals surface area contributed by atoms with E-state index in [2.05, 4.69) is 19.9 Å². The Kier molecular flexibility index (Phi) is 3.14. The normalized spacial score (nSPS) is 30.1. The average molecular weight is 184 g/mol. The first-order valence-corrected chi connectivity index (χ1v) is 4.87. The molecule has 0 aliphatic heterocycles. The molecule has 1 rings (SSSR count). The van der Waals surface area contributed by atoms with E-state index >= 15 is 0 Å². The quantitative estimate of drug-likeness (QED) is 0.666. The fraction of sp³-hybridized carbons (Fsp3) is 0.818. The van der Waals surface area contributed by atoms with Gasteiger partial charge in [0.1, 0.15) is 0 Å². The molecule has 0 saturated heterocycles. The van der Waals surface area contributed by atoms with Gasteiger partial charge < -0.3 is 9.84 Å². The Morgan fingerprint density at radius 3 is 2.62 bits per heavy atom. The minimum absolute atomic E-state index is 0.127. The van der Waals surface area contributed by atoms with Crippen molar-refractivity contribution in [3.8, 4) is 0 Å². The van der Waals surface area contributed by atoms with Gasteiger partial charge in [0.25, 0.3) is 0 Å². The first kappa shape index (κ1) is 10.7. The van der Waals surface area contributed by atoms with Crippen molar-refractivity contribution in [3.63, 3.8) is 0 Å². The molecule has 76 valence electrons. The Bertz CT molecular complexity index is 206. The van der Waals surface area contributed by atoms with Crippen molar-refractivity contribution < 1.29 is 9.84 Å². The lowest BCUT2D eigenvalue weighted by Crippen LogP contribution is -2.37. The third-order valence-electron chi connectivity index (χ3n) is 3.27. The van der Waals surface area contributed by atoms with E-state index in [0.29, 0.717) is 5.92 Å². The SMILES string of the molecule is COC(C)(C)[C@@H]1CC=C(C)[C@@H](O)C1. The largest absolute Gasteiger partial charge is 0.389 e. The van der Waals surface area contributed by atoms with Crippen LogP contribution in [0.5, 0.6) is 0 Å². The van der Waals surface area contributed by atoms with Crippen LogP contribution in [0.2, 0.25) is 0 Å². The van der Waals surface area contributed by atoms with Crippen LogP contribution in [0.15, 0.2) is 11.6 Å². The van der Waals surface area contributed by atoms with Crippen LogP contribution >= 0.6 is 0 Å². The van der Waals surface area contributed by atoms with E-state index < -0.39 is 0 Å². The molecule has 1 aliphatic carbocycles. The van der Waals surface area contributed by atoms with Gasteiger partial charge in [-0.3, -0.25) is 0 Å². The lowest BCUT2D eigenvalue weighted by atomic mass is 9.78. The Labute approximate surface area is 80.6 Å². The predicted octanol–water partition coefficient (Wildman–Crippen LogP) is 2.13. The molecule has 2 nitrogen and oxygen atoms in total. The van der Waals surface area contributed by atoms with Crippen LogP contribution in [0, 0.1) is 5.92 Å². The Morgan fingerprint density at radius 1 is 1.54 bits per heavy atom. The van der Waals surface area contributed by atoms with Gasteiger partial charge in [0, 0.05) is 7.11 Å². The van der Waals surface area contributed by atoms with Gasteiger partial charge in [-0.2, -0.15) is 0 Å². The standard InChI is InChI=1S/C11H20O2/c1-8-5-6-9(7-10(8)12)11(2,3)13-4/h5,9-10,12H,6-7H2,1-4H3/t9-,10+/m1/s1. The van der Waals surface area contributed by atoms with Gasteiger partial charge >= 0.3 is 0 Å². The van der Waals surface area contributed by atoms with Crippen molar-refractivity contribution in [2.75, 3.05) is 7.11 Å². The molecular formula is C11H20O2. The Balaban J connectivity index is 2.67. The first-order valence-electron chi connectivity index (χ1n) is 4.87. The molecule has 0 radical (unpaired) electrons. The van der Waals surface area contributed by atoms with Gasteiger partial charge in [-0.05, 0) is 45.1 Å². The zero-order valence-electron chi connectivity index (χ0n) is 9.00. The molecule has 0 unspecified atom stereocenters. The molecule has 0 aromatic carbocycles. The topological polar surface area (TPSA) is 29.5 Å². The van der Waals surface area contributed by atoms with E-state index in [1.807, 2.05) is 6.92 Å². The second kappa shape index (κ2) is 3.81. The third-order valence-corrected chi connectivity index (χ3v) is 3.27. The number of rotatable bonds is 2. The Morgan fingerprint density at radius 2 is 2.15 bits per heavy atom. The highest BCUT2D eigenvalue weighted by atomic mass is 16.5. The lowest BCUT2D eigenvalue weighted by molar-refractivity contribution is -0.0429. The molecule has 13 heavy (non-hydrogen) atoms. The van der Waals surface area contributed by atoms with Crippen molar-refractivity contribution in [3.05, 3.63) is 11.6 Å². The van der Waals surface area contributed by atoms with E-state index in [1.54, 1.807) is 7.11 Å². The minimum atomic E-state index is -0.270. The van der Waals surface area contributed by atoms with Crippen molar-refractivity contribution in [1.29, 1.82) is 0 Å². The maximum absolute atomic E-state index is 9.68. The molecule has 0 saturated carbocycles. The summed E-state index contributed by atoms with van der Waals surface area (Å²) in [6, 6.07) is 0. The Hall–Kier alpha value is -0.340. The summed E-state index contributed by atoms with van der Waals surface area (Å²) in [5.74, 6) is 0.427. The molecule has 1 aliphatic rings. The van der Waals surface area contributed by atoms with Crippen LogP contribution < -0.4 is 0 Å². The summed E-state index contributed by atoms with van der Waals surface area (Å²) >= 11 is 0. The van der Waals surface area contributed by atoms with E-state index in [4.69, 9.17) is 4.74 Å². The summed E-state index contributed by atoms with van der Waals surface area (Å²) in [6.45, 7) is 6.15. The number of aliphatic hydroxyl groups is 1. The van der Waals surface area contributed by atoms with Crippen molar-refractivity contribution in [1.82, 2.24) is 0 Å². The van der Waals surface area contributed by atoms with Crippen LogP contribution in [0.25, 0.3) is 0 Å². The van der Waals surface area contributed by atoms with Crippen LogP contribution in [0.1, 0.15) is 33.6 Å². The smallest absolute Gasteiger partial charge is 0.0751 e. The molecule has 0 heterocycles. The van der Waals surface area contributed by atoms with Gasteiger partial charge in [-0.15, -0.1) is 0 Å². The molecule has 0 amide bonds. The third kappa shape index (κ3) is 2.32. The highest BCUT2D eigenvalue weighted by Gasteiger charge is 2.32. The summed E-state index contributed by atoms with van der Waals surface area (Å²) in [4.78, 5) is 0. The molecule has 0 bridgehead atoms. The zero-order chi connectivity index (χ0) is 10.1. The van der Waals surface area contributed by atoms with Gasteiger partial charge in [0.15, 0.2) is 0 Å². The van der Waals surface area contributed by atoms with Gasteiger partial charge in [0.2, 0.25) is 0 Å². The fourth-order valence-electron chi connectivity index (χ4n) is 1.75. The number of ether oxygens (including phenoxy) is 1. The van der Waals surface area contributed by atoms with E-state index in [-0.39, 0.29) is 11.7 Å². The van der Waals surface area contributed by atoms with Crippen molar-refractivity contribution in [2.24, 2.45) is 5.92 Å². The summed E-state index contributed by atoms with van der Waals surface area (Å²) in [7, 11) is 1.73. The van der Waals surface area contributed by atoms with Crippen LogP contribution in [0.3, 0.4) is 0 Å². The minimum Gasteiger partial charge on any atom is -0.389 e. The van der Waals surface area contributed by atoms with Crippen LogP contribution in [0.4, 0.5) is 0 Å². The number of methoxy groups -OCH3 is 1. The maximum atomic E-state index is 9.68. The van der Waals surface area contributed by atoms with Gasteiger partial charge in [0.05, 0.1) is 11.7 Å². The maximum Gasteiger partial charge on any atom is 0.0751 e. The van der Waals surface area contributed by atoms with Crippen LogP contribution in [-0.2, 0) is 4.74 Å². The number of hydrogen-bond acceptors (Lipinski definition) is 2. The molecule has 0 fully saturated rings. The molecule has 0 aromatic heterocycles. The number of aliphatic hydroxyl groups excluding tert-OH is 1. The predicted molar refractivity (Wildman–Crippen MR) is 53.6 cm³/mol. The zero-order valence-corrected chi connectivity index (χ0v) is 9.00. The van der Waals surface area contributed by atoms with Gasteiger partial charge in [-0.1, -0.05) is 6.08 Å². The monoisotopic (exact) mass is 184 g/mol. The molecule has 2 atom stereocenters. The van der Waals surface area contributed by atoms with Gasteiger partial charge in [-0.25, -0.2) is 0 Å². The molecule has 2 heteroatoms. The number of allylic oxidation sites excluding steroid dienone is 1. The summed E-state index contributed by atoms with van der Waals surface area (Å²) in [6.07, 6.45) is 3.69. The second-order valence-electron chi connectivity index (χ2n) is 4.44. The van der Waals surface area contributed by atoms with Crippen LogP contribution in [-0.4, -0.2) is 23.9 Å². The summed E-state index contributed by atoms with van der Waals surface area (Å²) in [5, 5.41) is 9.68. The summed E-state index contributed by atoms with van der Waals surface area (Å²) < 4.78 is 5.42. The summed E-state index contributed by atoms with van der Waals surface area (Å²) in [5.41, 5.74) is 0.973. The highest BCUT2D eigenvalue weighted by molar-refractivity contribution is 5.11. The molecule has 1 N–H and O–H groups in total. The number of hydrogen-bond donors (Lipinski definition) is 1. The van der Waals surface area contributed by atoms with E-state index in [1.165, 1.54) is 0 Å². The first-order chi connectivity index (χ1) is 5.97. The van der Waals surface area contributed by atoms with E-state index in [9.17, 15) is 5.11 Å². The molecule has 0 spiro atoms. The van der Waals surface area contributed by atoms with Crippen molar-refractivity contribution >= 4 is 0 Å². The average Bonchev–Trinajstić information content (AvgIpc) is 2.09. The lowest BCUT2D eigenvalue weighted by Gasteiger charge is -2.36. The fourth-order valence-corrected chi connectivity index (χ4v) is 1.75. The second-order valence-corrected chi connectivity index (χ2v) is 4.44. The molecular weight excluding hydrogens is 164 g/mol. The van der Waals surface area contributed by atoms with E-state index in [0.717, 1.165) is 18.4 Å². The molecule has 0 aromatic rings. The highest BCUT2D eigenvalue weighted by Crippen LogP contribution is 2.33. The van der Waals surface area contributed by atoms with Crippen molar-refractivity contribution in [2.45, 2.75) is 45.3 Å².